The van der Waals surface area contributed by atoms with Crippen LogP contribution in [0.3, 0.4) is 0 Å². The molecule has 0 bridgehead atoms. The van der Waals surface area contributed by atoms with Crippen LogP contribution in [0.2, 0.25) is 0 Å². The topological polar surface area (TPSA) is 50.2 Å². The number of hydrogen-bond acceptors (Lipinski definition) is 3. The fraction of sp³-hybridized carbons (Fsp3) is 1.00. The number of alkyl halides is 1. The molecule has 2 aliphatic heterocycles. The first kappa shape index (κ1) is 6.82. The van der Waals surface area contributed by atoms with E-state index in [1.54, 1.807) is 0 Å². The third-order valence-corrected chi connectivity index (χ3v) is 2.30. The van der Waals surface area contributed by atoms with E-state index in [4.69, 9.17) is 11.6 Å². The molecule has 0 spiro atoms. The van der Waals surface area contributed by atoms with Crippen molar-refractivity contribution in [1.29, 1.82) is 0 Å². The number of rotatable bonds is 0. The Balaban J connectivity index is 2.03. The molecule has 0 aliphatic carbocycles. The summed E-state index contributed by atoms with van der Waals surface area (Å²) in [6.45, 7) is 1.47. The lowest BCUT2D eigenvalue weighted by Gasteiger charge is -2.41. The van der Waals surface area contributed by atoms with Gasteiger partial charge in [0.15, 0.2) is 0 Å². The molecule has 5 heteroatoms. The maximum atomic E-state index is 5.94. The maximum Gasteiger partial charge on any atom is 0.0963 e. The smallest absolute Gasteiger partial charge is 0.0963 e. The van der Waals surface area contributed by atoms with Gasteiger partial charge in [0, 0.05) is 12.7 Å². The summed E-state index contributed by atoms with van der Waals surface area (Å²) in [5.74, 6) is 0. The maximum absolute atomic E-state index is 5.94. The number of halogens is 1. The SMILES string of the molecule is ClC1NC[N-]C2NCNC12. The molecule has 0 amide bonds. The lowest BCUT2D eigenvalue weighted by Crippen LogP contribution is -2.52. The second-order valence-electron chi connectivity index (χ2n) is 2.50. The summed E-state index contributed by atoms with van der Waals surface area (Å²) in [7, 11) is 0. The molecular weight excluding hydrogens is 152 g/mol. The van der Waals surface area contributed by atoms with Crippen LogP contribution in [0.5, 0.6) is 0 Å². The van der Waals surface area contributed by atoms with Crippen molar-refractivity contribution in [3.05, 3.63) is 5.32 Å². The Morgan fingerprint density at radius 3 is 3.00 bits per heavy atom. The van der Waals surface area contributed by atoms with E-state index in [9.17, 15) is 0 Å². The van der Waals surface area contributed by atoms with Crippen molar-refractivity contribution in [2.24, 2.45) is 0 Å². The van der Waals surface area contributed by atoms with Gasteiger partial charge in [0.1, 0.15) is 0 Å². The number of nitrogens with zero attached hydrogens (tertiary/aromatic N) is 1. The molecule has 3 atom stereocenters. The minimum Gasteiger partial charge on any atom is -0.634 e. The highest BCUT2D eigenvalue weighted by Crippen LogP contribution is 2.17. The number of fused-ring (bicyclic) bond motifs is 1. The zero-order chi connectivity index (χ0) is 6.97. The molecule has 2 fully saturated rings. The molecule has 0 aromatic heterocycles. The van der Waals surface area contributed by atoms with Gasteiger partial charge in [-0.15, -0.1) is 11.6 Å². The molecule has 0 saturated carbocycles. The average molecular weight is 162 g/mol. The van der Waals surface area contributed by atoms with Crippen molar-refractivity contribution in [2.75, 3.05) is 13.3 Å². The second kappa shape index (κ2) is 2.64. The summed E-state index contributed by atoms with van der Waals surface area (Å²) in [6, 6.07) is 0.260. The lowest BCUT2D eigenvalue weighted by molar-refractivity contribution is 0.433. The van der Waals surface area contributed by atoms with Crippen LogP contribution in [0.15, 0.2) is 0 Å². The van der Waals surface area contributed by atoms with Crippen LogP contribution in [-0.4, -0.2) is 31.0 Å². The van der Waals surface area contributed by atoms with Crippen LogP contribution in [0.25, 0.3) is 5.32 Å². The fourth-order valence-corrected chi connectivity index (χ4v) is 1.62. The Bertz CT molecular complexity index is 131. The lowest BCUT2D eigenvalue weighted by atomic mass is 10.2. The first-order chi connectivity index (χ1) is 4.88. The molecule has 10 heavy (non-hydrogen) atoms. The largest absolute Gasteiger partial charge is 0.634 e. The van der Waals surface area contributed by atoms with Crippen molar-refractivity contribution >= 4 is 11.6 Å². The van der Waals surface area contributed by atoms with Gasteiger partial charge < -0.3 is 16.0 Å². The predicted octanol–water partition coefficient (Wildman–Crippen LogP) is -0.669. The molecule has 58 valence electrons. The van der Waals surface area contributed by atoms with Crippen molar-refractivity contribution in [3.63, 3.8) is 0 Å². The highest BCUT2D eigenvalue weighted by atomic mass is 35.5. The molecule has 4 nitrogen and oxygen atoms in total. The van der Waals surface area contributed by atoms with Crippen LogP contribution >= 0.6 is 11.6 Å². The van der Waals surface area contributed by atoms with Crippen molar-refractivity contribution in [1.82, 2.24) is 16.0 Å². The van der Waals surface area contributed by atoms with Gasteiger partial charge in [0.05, 0.1) is 5.50 Å². The van der Waals surface area contributed by atoms with Gasteiger partial charge in [-0.05, 0) is 0 Å². The molecule has 2 heterocycles. The second-order valence-corrected chi connectivity index (χ2v) is 2.97. The predicted molar refractivity (Wildman–Crippen MR) is 39.7 cm³/mol. The van der Waals surface area contributed by atoms with E-state index in [2.05, 4.69) is 21.3 Å². The molecule has 0 aromatic rings. The summed E-state index contributed by atoms with van der Waals surface area (Å²) in [6.07, 6.45) is 0.212. The van der Waals surface area contributed by atoms with Crippen LogP contribution in [0, 0.1) is 0 Å². The first-order valence-corrected chi connectivity index (χ1v) is 3.82. The Hall–Kier alpha value is 0.130. The van der Waals surface area contributed by atoms with Crippen molar-refractivity contribution < 1.29 is 0 Å². The summed E-state index contributed by atoms with van der Waals surface area (Å²) < 4.78 is 0. The molecule has 0 aromatic carbocycles. The van der Waals surface area contributed by atoms with Crippen LogP contribution in [0.1, 0.15) is 0 Å². The fourth-order valence-electron chi connectivity index (χ4n) is 1.33. The molecular formula is C5H10ClN4-. The van der Waals surface area contributed by atoms with Gasteiger partial charge >= 0.3 is 0 Å². The van der Waals surface area contributed by atoms with Crippen LogP contribution < -0.4 is 16.0 Å². The highest BCUT2D eigenvalue weighted by Gasteiger charge is 2.28. The normalized spacial score (nSPS) is 47.1. The van der Waals surface area contributed by atoms with E-state index in [0.717, 1.165) is 6.67 Å². The van der Waals surface area contributed by atoms with Gasteiger partial charge in [-0.25, -0.2) is 0 Å². The summed E-state index contributed by atoms with van der Waals surface area (Å²) in [5, 5.41) is 13.7. The van der Waals surface area contributed by atoms with Gasteiger partial charge in [-0.3, -0.25) is 5.32 Å². The standard InChI is InChI=1S/C5H10ClN4/c6-4-3-5(9-1-7-3)10-2-8-4/h3-5,7-9H,1-2H2/q-1. The molecule has 3 unspecified atom stereocenters. The minimum atomic E-state index is 0.0116. The highest BCUT2D eigenvalue weighted by molar-refractivity contribution is 6.21. The molecule has 0 radical (unpaired) electrons. The van der Waals surface area contributed by atoms with Gasteiger partial charge in [-0.2, -0.15) is 0 Å². The Morgan fingerprint density at radius 1 is 1.30 bits per heavy atom. The minimum absolute atomic E-state index is 0.0116. The summed E-state index contributed by atoms with van der Waals surface area (Å²) in [5.41, 5.74) is 0.0116. The molecule has 3 N–H and O–H groups in total. The van der Waals surface area contributed by atoms with E-state index in [1.165, 1.54) is 0 Å². The third kappa shape index (κ3) is 1.02. The third-order valence-electron chi connectivity index (χ3n) is 1.88. The van der Waals surface area contributed by atoms with E-state index < -0.39 is 0 Å². The van der Waals surface area contributed by atoms with Gasteiger partial charge in [-0.1, -0.05) is 12.8 Å². The Morgan fingerprint density at radius 2 is 2.20 bits per heavy atom. The van der Waals surface area contributed by atoms with Crippen molar-refractivity contribution in [2.45, 2.75) is 17.7 Å². The first-order valence-electron chi connectivity index (χ1n) is 3.39. The molecule has 2 rings (SSSR count). The van der Waals surface area contributed by atoms with Crippen LogP contribution in [0.4, 0.5) is 0 Å². The quantitative estimate of drug-likeness (QED) is 0.326. The molecule has 2 aliphatic rings. The Kier molecular flexibility index (Phi) is 1.80. The summed E-state index contributed by atoms with van der Waals surface area (Å²) in [4.78, 5) is 0. The zero-order valence-corrected chi connectivity index (χ0v) is 6.23. The van der Waals surface area contributed by atoms with Crippen LogP contribution in [-0.2, 0) is 0 Å². The average Bonchev–Trinajstić information content (AvgIpc) is 2.36. The van der Waals surface area contributed by atoms with Gasteiger partial charge in [0.2, 0.25) is 0 Å². The number of hydrogen-bond donors (Lipinski definition) is 3. The van der Waals surface area contributed by atoms with E-state index in [0.29, 0.717) is 6.67 Å². The van der Waals surface area contributed by atoms with E-state index in [1.807, 2.05) is 0 Å². The van der Waals surface area contributed by atoms with E-state index >= 15 is 0 Å². The Labute approximate surface area is 64.7 Å². The monoisotopic (exact) mass is 161 g/mol. The van der Waals surface area contributed by atoms with E-state index in [-0.39, 0.29) is 17.7 Å². The zero-order valence-electron chi connectivity index (χ0n) is 5.47. The number of nitrogens with one attached hydrogen (secondary N) is 3. The van der Waals surface area contributed by atoms with Gasteiger partial charge in [0.25, 0.3) is 0 Å². The van der Waals surface area contributed by atoms with Crippen molar-refractivity contribution in [3.8, 4) is 0 Å². The summed E-state index contributed by atoms with van der Waals surface area (Å²) >= 11 is 5.94. The molecule has 2 saturated heterocycles.